The van der Waals surface area contributed by atoms with Gasteiger partial charge in [0, 0.05) is 36.9 Å². The topological polar surface area (TPSA) is 96.7 Å². The monoisotopic (exact) mass is 373 g/mol. The lowest BCUT2D eigenvalue weighted by Crippen LogP contribution is -2.34. The van der Waals surface area contributed by atoms with E-state index in [9.17, 15) is 13.2 Å². The molecule has 2 aromatic heterocycles. The van der Waals surface area contributed by atoms with Crippen LogP contribution in [0.25, 0.3) is 17.0 Å². The van der Waals surface area contributed by atoms with E-state index in [1.807, 2.05) is 48.0 Å². The summed E-state index contributed by atoms with van der Waals surface area (Å²) >= 11 is 0. The average molecular weight is 373 g/mol. The third kappa shape index (κ3) is 3.89. The minimum absolute atomic E-state index is 0.249. The van der Waals surface area contributed by atoms with Gasteiger partial charge in [0.1, 0.15) is 0 Å². The normalized spacial score (nSPS) is 11.8. The van der Waals surface area contributed by atoms with Gasteiger partial charge in [0.05, 0.1) is 18.5 Å². The summed E-state index contributed by atoms with van der Waals surface area (Å²) in [6.45, 7) is 1.62. The number of benzene rings is 1. The van der Waals surface area contributed by atoms with E-state index in [4.69, 9.17) is 0 Å². The summed E-state index contributed by atoms with van der Waals surface area (Å²) in [6, 6.07) is 7.42. The molecule has 0 spiro atoms. The highest BCUT2D eigenvalue weighted by molar-refractivity contribution is 7.88. The second kappa shape index (κ2) is 6.85. The molecule has 9 heteroatoms. The zero-order valence-electron chi connectivity index (χ0n) is 14.7. The van der Waals surface area contributed by atoms with Crippen molar-refractivity contribution in [1.82, 2.24) is 18.7 Å². The quantitative estimate of drug-likeness (QED) is 0.732. The molecule has 1 aromatic carbocycles. The first-order valence-corrected chi connectivity index (χ1v) is 9.71. The number of sulfonamides is 1. The van der Waals surface area contributed by atoms with Gasteiger partial charge in [0.15, 0.2) is 0 Å². The number of hydrogen-bond acceptors (Lipinski definition) is 5. The molecule has 0 radical (unpaired) electrons. The van der Waals surface area contributed by atoms with E-state index in [1.54, 1.807) is 6.20 Å². The number of anilines is 1. The molecule has 0 atom stereocenters. The Hall–Kier alpha value is -2.78. The molecule has 3 rings (SSSR count). The first kappa shape index (κ1) is 18.0. The van der Waals surface area contributed by atoms with E-state index < -0.39 is 15.9 Å². The van der Waals surface area contributed by atoms with Crippen molar-refractivity contribution in [3.05, 3.63) is 48.4 Å². The molecule has 0 saturated heterocycles. The summed E-state index contributed by atoms with van der Waals surface area (Å²) in [7, 11) is -2.05. The molecular weight excluding hydrogens is 354 g/mol. The van der Waals surface area contributed by atoms with Crippen molar-refractivity contribution in [2.75, 3.05) is 25.2 Å². The third-order valence-electron chi connectivity index (χ3n) is 3.98. The maximum Gasteiger partial charge on any atom is 0.239 e. The number of carbonyl (C=O) groups is 1. The van der Waals surface area contributed by atoms with Gasteiger partial charge in [-0.15, -0.1) is 0 Å². The molecule has 0 aliphatic heterocycles. The molecular formula is C17H19N5O3S. The molecule has 1 amide bonds. The molecule has 2 heterocycles. The van der Waals surface area contributed by atoms with E-state index in [-0.39, 0.29) is 6.54 Å². The Balaban J connectivity index is 1.85. The fourth-order valence-electron chi connectivity index (χ4n) is 2.39. The Morgan fingerprint density at radius 3 is 2.81 bits per heavy atom. The molecule has 0 unspecified atom stereocenters. The smallest absolute Gasteiger partial charge is 0.239 e. The van der Waals surface area contributed by atoms with Crippen molar-refractivity contribution < 1.29 is 13.2 Å². The Labute approximate surface area is 151 Å². The predicted molar refractivity (Wildman–Crippen MR) is 99.3 cm³/mol. The molecule has 0 saturated carbocycles. The van der Waals surface area contributed by atoms with Gasteiger partial charge >= 0.3 is 0 Å². The first-order valence-electron chi connectivity index (χ1n) is 7.86. The van der Waals surface area contributed by atoms with Gasteiger partial charge in [-0.25, -0.2) is 18.4 Å². The highest BCUT2D eigenvalue weighted by Crippen LogP contribution is 2.25. The molecule has 0 aliphatic rings. The number of imidazole rings is 1. The summed E-state index contributed by atoms with van der Waals surface area (Å²) < 4.78 is 25.7. The lowest BCUT2D eigenvalue weighted by molar-refractivity contribution is -0.116. The number of nitrogens with zero attached hydrogens (tertiary/aromatic N) is 4. The van der Waals surface area contributed by atoms with Crippen LogP contribution in [0.4, 0.5) is 5.69 Å². The summed E-state index contributed by atoms with van der Waals surface area (Å²) in [5, 5.41) is 2.76. The van der Waals surface area contributed by atoms with Crippen LogP contribution in [0.15, 0.2) is 42.9 Å². The van der Waals surface area contributed by atoms with Crippen molar-refractivity contribution >= 4 is 27.4 Å². The second-order valence-electron chi connectivity index (χ2n) is 6.05. The number of carbonyl (C=O) groups excluding carboxylic acids is 1. The maximum atomic E-state index is 12.2. The number of nitrogens with one attached hydrogen (secondary N) is 1. The van der Waals surface area contributed by atoms with Gasteiger partial charge in [-0.05, 0) is 24.6 Å². The van der Waals surface area contributed by atoms with Gasteiger partial charge in [-0.2, -0.15) is 4.31 Å². The minimum Gasteiger partial charge on any atom is -0.325 e. The summed E-state index contributed by atoms with van der Waals surface area (Å²) in [6.07, 6.45) is 6.45. The number of rotatable bonds is 5. The fourth-order valence-corrected chi connectivity index (χ4v) is 2.75. The predicted octanol–water partition coefficient (Wildman–Crippen LogP) is 1.53. The number of likely N-dealkylation sites (N-methyl/N-ethyl adjacent to an activating group) is 1. The van der Waals surface area contributed by atoms with Crippen LogP contribution >= 0.6 is 0 Å². The SMILES string of the molecule is Cc1ccc(-c2cn3cccnc3n2)cc1NC(=O)CN(C)S(C)(=O)=O. The molecule has 8 nitrogen and oxygen atoms in total. The second-order valence-corrected chi connectivity index (χ2v) is 8.14. The standard InChI is InChI=1S/C17H19N5O3S/c1-12-5-6-13(15-10-22-8-4-7-18-17(22)20-15)9-14(12)19-16(23)11-21(2)26(3,24)25/h4-10H,11H2,1-3H3,(H,19,23). The van der Waals surface area contributed by atoms with Crippen molar-refractivity contribution in [2.45, 2.75) is 6.92 Å². The molecule has 3 aromatic rings. The molecule has 1 N–H and O–H groups in total. The number of aryl methyl sites for hydroxylation is 1. The van der Waals surface area contributed by atoms with E-state index in [0.717, 1.165) is 27.4 Å². The number of fused-ring (bicyclic) bond motifs is 1. The Bertz CT molecular complexity index is 1040. The van der Waals surface area contributed by atoms with Gasteiger partial charge in [0.2, 0.25) is 21.7 Å². The maximum absolute atomic E-state index is 12.2. The van der Waals surface area contributed by atoms with Crippen molar-refractivity contribution in [3.63, 3.8) is 0 Å². The van der Waals surface area contributed by atoms with E-state index in [0.29, 0.717) is 11.5 Å². The zero-order chi connectivity index (χ0) is 18.9. The summed E-state index contributed by atoms with van der Waals surface area (Å²) in [5.74, 6) is 0.179. The van der Waals surface area contributed by atoms with E-state index in [1.165, 1.54) is 7.05 Å². The van der Waals surface area contributed by atoms with Gasteiger partial charge < -0.3 is 5.32 Å². The lowest BCUT2D eigenvalue weighted by atomic mass is 10.1. The highest BCUT2D eigenvalue weighted by Gasteiger charge is 2.16. The van der Waals surface area contributed by atoms with Gasteiger partial charge in [-0.1, -0.05) is 12.1 Å². The average Bonchev–Trinajstić information content (AvgIpc) is 3.00. The van der Waals surface area contributed by atoms with Crippen LogP contribution in [0.3, 0.4) is 0 Å². The largest absolute Gasteiger partial charge is 0.325 e. The highest BCUT2D eigenvalue weighted by atomic mass is 32.2. The first-order chi connectivity index (χ1) is 12.2. The van der Waals surface area contributed by atoms with E-state index >= 15 is 0 Å². The Morgan fingerprint density at radius 1 is 1.35 bits per heavy atom. The Kier molecular flexibility index (Phi) is 4.75. The molecule has 0 bridgehead atoms. The van der Waals surface area contributed by atoms with Crippen molar-refractivity contribution in [2.24, 2.45) is 0 Å². The van der Waals surface area contributed by atoms with Crippen LogP contribution in [-0.4, -0.2) is 52.8 Å². The number of hydrogen-bond donors (Lipinski definition) is 1. The molecule has 0 fully saturated rings. The van der Waals surface area contributed by atoms with E-state index in [2.05, 4.69) is 15.3 Å². The van der Waals surface area contributed by atoms with Crippen LogP contribution < -0.4 is 5.32 Å². The summed E-state index contributed by atoms with van der Waals surface area (Å²) in [5.41, 5.74) is 3.03. The lowest BCUT2D eigenvalue weighted by Gasteiger charge is -2.15. The van der Waals surface area contributed by atoms with Crippen LogP contribution in [0.5, 0.6) is 0 Å². The number of amides is 1. The van der Waals surface area contributed by atoms with Crippen molar-refractivity contribution in [3.8, 4) is 11.3 Å². The molecule has 0 aliphatic carbocycles. The fraction of sp³-hybridized carbons (Fsp3) is 0.235. The van der Waals surface area contributed by atoms with Crippen LogP contribution in [0, 0.1) is 6.92 Å². The van der Waals surface area contributed by atoms with Crippen LogP contribution in [-0.2, 0) is 14.8 Å². The number of aromatic nitrogens is 3. The molecule has 136 valence electrons. The third-order valence-corrected chi connectivity index (χ3v) is 5.24. The van der Waals surface area contributed by atoms with Crippen LogP contribution in [0.2, 0.25) is 0 Å². The van der Waals surface area contributed by atoms with Gasteiger partial charge in [-0.3, -0.25) is 9.20 Å². The summed E-state index contributed by atoms with van der Waals surface area (Å²) in [4.78, 5) is 20.8. The zero-order valence-corrected chi connectivity index (χ0v) is 15.5. The minimum atomic E-state index is -3.41. The van der Waals surface area contributed by atoms with Gasteiger partial charge in [0.25, 0.3) is 0 Å². The molecule has 26 heavy (non-hydrogen) atoms. The Morgan fingerprint density at radius 2 is 2.12 bits per heavy atom. The van der Waals surface area contributed by atoms with Crippen molar-refractivity contribution in [1.29, 1.82) is 0 Å². The van der Waals surface area contributed by atoms with Crippen LogP contribution in [0.1, 0.15) is 5.56 Å².